The standard InChI is InChI=1S/C74H144O17P2/c1-7-10-12-14-15-16-17-18-19-20-21-22-26-29-32-35-38-45-51-57-72(77)85-63-70(90-73(78)58-52-46-39-36-33-30-27-24-23-25-28-31-34-37-43-48-54-66(4)5)65-89-93(82,83)87-61-68(75)60-86-92(80,81)88-64-69(62-84-71(76)56-50-42-13-11-8-2)91-74(79)59-53-47-41-40-44-49-55-67(6)9-3/h66-70,75H,7-65H2,1-6H3,(H,80,81)(H,82,83)/t67?,68-,69+,70+/m0/s1. The molecule has 0 fully saturated rings. The first-order chi connectivity index (χ1) is 44.9. The summed E-state index contributed by atoms with van der Waals surface area (Å²) in [5.41, 5.74) is 0. The number of aliphatic hydroxyl groups is 1. The number of carbonyl (C=O) groups is 4. The molecular formula is C74H144O17P2. The second kappa shape index (κ2) is 66.0. The summed E-state index contributed by atoms with van der Waals surface area (Å²) in [6.45, 7) is 9.46. The third-order valence-electron chi connectivity index (χ3n) is 17.6. The van der Waals surface area contributed by atoms with Crippen LogP contribution in [0.4, 0.5) is 0 Å². The summed E-state index contributed by atoms with van der Waals surface area (Å²) in [6, 6.07) is 0. The maximum Gasteiger partial charge on any atom is 0.472 e. The molecule has 0 bridgehead atoms. The van der Waals surface area contributed by atoms with Crippen molar-refractivity contribution in [3.8, 4) is 0 Å². The number of ether oxygens (including phenoxy) is 4. The van der Waals surface area contributed by atoms with E-state index in [2.05, 4.69) is 41.5 Å². The van der Waals surface area contributed by atoms with Crippen molar-refractivity contribution in [3.05, 3.63) is 0 Å². The van der Waals surface area contributed by atoms with Gasteiger partial charge in [0.25, 0.3) is 0 Å². The summed E-state index contributed by atoms with van der Waals surface area (Å²) in [5.74, 6) is -0.604. The Balaban J connectivity index is 5.12. The second-order valence-electron chi connectivity index (χ2n) is 27.4. The summed E-state index contributed by atoms with van der Waals surface area (Å²) < 4.78 is 68.2. The third kappa shape index (κ3) is 67.0. The zero-order valence-corrected chi connectivity index (χ0v) is 62.3. The number of carbonyl (C=O) groups excluding carboxylic acids is 4. The van der Waals surface area contributed by atoms with Gasteiger partial charge in [-0.05, 0) is 37.5 Å². The van der Waals surface area contributed by atoms with Crippen molar-refractivity contribution in [1.82, 2.24) is 0 Å². The van der Waals surface area contributed by atoms with Crippen LogP contribution in [0.25, 0.3) is 0 Å². The SMILES string of the molecule is CCCCCCCCCCCCCCCCCCCCCC(=O)OC[C@H](COP(=O)(O)OC[C@@H](O)COP(=O)(O)OC[C@@H](COC(=O)CCCCCCC)OC(=O)CCCCCCCCC(C)CC)OC(=O)CCCCCCCCCCCCCCCCCCC(C)C. The molecule has 0 aromatic rings. The van der Waals surface area contributed by atoms with E-state index in [1.165, 1.54) is 193 Å². The van der Waals surface area contributed by atoms with E-state index in [-0.39, 0.29) is 25.7 Å². The average molecular weight is 1370 g/mol. The molecular weight excluding hydrogens is 1220 g/mol. The first-order valence-corrected chi connectivity index (χ1v) is 41.5. The predicted molar refractivity (Wildman–Crippen MR) is 377 cm³/mol. The van der Waals surface area contributed by atoms with E-state index in [0.717, 1.165) is 108 Å². The summed E-state index contributed by atoms with van der Waals surface area (Å²) in [6.07, 6.45) is 53.4. The molecule has 0 saturated carbocycles. The first kappa shape index (κ1) is 91.1. The lowest BCUT2D eigenvalue weighted by Crippen LogP contribution is -2.30. The monoisotopic (exact) mass is 1370 g/mol. The second-order valence-corrected chi connectivity index (χ2v) is 30.3. The Kier molecular flexibility index (Phi) is 64.6. The summed E-state index contributed by atoms with van der Waals surface area (Å²) in [4.78, 5) is 72.4. The summed E-state index contributed by atoms with van der Waals surface area (Å²) >= 11 is 0. The fourth-order valence-corrected chi connectivity index (χ4v) is 12.8. The van der Waals surface area contributed by atoms with Gasteiger partial charge in [-0.25, -0.2) is 9.13 Å². The minimum Gasteiger partial charge on any atom is -0.462 e. The quantitative estimate of drug-likeness (QED) is 0.0222. The van der Waals surface area contributed by atoms with Gasteiger partial charge in [-0.3, -0.25) is 37.3 Å². The van der Waals surface area contributed by atoms with E-state index >= 15 is 0 Å². The van der Waals surface area contributed by atoms with E-state index in [0.29, 0.717) is 25.7 Å². The molecule has 552 valence electrons. The molecule has 0 aliphatic carbocycles. The highest BCUT2D eigenvalue weighted by atomic mass is 31.2. The van der Waals surface area contributed by atoms with Gasteiger partial charge in [-0.15, -0.1) is 0 Å². The van der Waals surface area contributed by atoms with E-state index in [4.69, 9.17) is 37.0 Å². The van der Waals surface area contributed by atoms with Crippen LogP contribution in [0.1, 0.15) is 382 Å². The van der Waals surface area contributed by atoms with Gasteiger partial charge in [-0.1, -0.05) is 330 Å². The molecule has 0 aromatic heterocycles. The fourth-order valence-electron chi connectivity index (χ4n) is 11.3. The van der Waals surface area contributed by atoms with Gasteiger partial charge in [0.1, 0.15) is 19.3 Å². The Morgan fingerprint density at radius 1 is 0.312 bits per heavy atom. The molecule has 93 heavy (non-hydrogen) atoms. The molecule has 0 aliphatic heterocycles. The van der Waals surface area contributed by atoms with Crippen molar-refractivity contribution < 1.29 is 80.2 Å². The Hall–Kier alpha value is -1.94. The zero-order valence-electron chi connectivity index (χ0n) is 60.6. The van der Waals surface area contributed by atoms with Gasteiger partial charge in [0.15, 0.2) is 12.2 Å². The van der Waals surface area contributed by atoms with Crippen molar-refractivity contribution in [2.24, 2.45) is 11.8 Å². The topological polar surface area (TPSA) is 237 Å². The average Bonchev–Trinajstić information content (AvgIpc) is 1.61. The number of phosphoric acid groups is 2. The Morgan fingerprint density at radius 3 is 0.817 bits per heavy atom. The van der Waals surface area contributed by atoms with Crippen molar-refractivity contribution in [1.29, 1.82) is 0 Å². The Bertz CT molecular complexity index is 1810. The molecule has 0 spiro atoms. The lowest BCUT2D eigenvalue weighted by atomic mass is 10.00. The molecule has 19 heteroatoms. The van der Waals surface area contributed by atoms with Gasteiger partial charge in [0, 0.05) is 25.7 Å². The number of hydrogen-bond donors (Lipinski definition) is 3. The maximum absolute atomic E-state index is 13.1. The Morgan fingerprint density at radius 2 is 0.548 bits per heavy atom. The summed E-state index contributed by atoms with van der Waals surface area (Å²) in [5, 5.41) is 10.6. The molecule has 0 radical (unpaired) electrons. The van der Waals surface area contributed by atoms with Crippen LogP contribution in [0.15, 0.2) is 0 Å². The van der Waals surface area contributed by atoms with E-state index in [1.807, 2.05) is 0 Å². The Labute approximate surface area is 568 Å². The van der Waals surface area contributed by atoms with Crippen LogP contribution in [-0.4, -0.2) is 96.7 Å². The van der Waals surface area contributed by atoms with Gasteiger partial charge < -0.3 is 33.8 Å². The van der Waals surface area contributed by atoms with Crippen molar-refractivity contribution in [2.45, 2.75) is 400 Å². The lowest BCUT2D eigenvalue weighted by molar-refractivity contribution is -0.161. The molecule has 3 unspecified atom stereocenters. The fraction of sp³-hybridized carbons (Fsp3) is 0.946. The minimum atomic E-state index is -4.95. The smallest absolute Gasteiger partial charge is 0.462 e. The van der Waals surface area contributed by atoms with Crippen LogP contribution >= 0.6 is 15.6 Å². The van der Waals surface area contributed by atoms with Crippen LogP contribution < -0.4 is 0 Å². The number of hydrogen-bond acceptors (Lipinski definition) is 15. The number of esters is 4. The van der Waals surface area contributed by atoms with Gasteiger partial charge in [0.2, 0.25) is 0 Å². The normalized spacial score (nSPS) is 14.3. The lowest BCUT2D eigenvalue weighted by Gasteiger charge is -2.21. The van der Waals surface area contributed by atoms with Crippen LogP contribution in [0.3, 0.4) is 0 Å². The molecule has 0 aromatic carbocycles. The number of rotatable bonds is 73. The zero-order chi connectivity index (χ0) is 68.6. The highest BCUT2D eigenvalue weighted by Crippen LogP contribution is 2.45. The van der Waals surface area contributed by atoms with Crippen LogP contribution in [0.2, 0.25) is 0 Å². The molecule has 17 nitrogen and oxygen atoms in total. The number of phosphoric ester groups is 2. The highest BCUT2D eigenvalue weighted by molar-refractivity contribution is 7.47. The van der Waals surface area contributed by atoms with Crippen molar-refractivity contribution in [2.75, 3.05) is 39.6 Å². The van der Waals surface area contributed by atoms with Crippen LogP contribution in [-0.2, 0) is 65.4 Å². The largest absolute Gasteiger partial charge is 0.472 e. The van der Waals surface area contributed by atoms with Crippen LogP contribution in [0.5, 0.6) is 0 Å². The highest BCUT2D eigenvalue weighted by Gasteiger charge is 2.30. The minimum absolute atomic E-state index is 0.102. The molecule has 0 saturated heterocycles. The molecule has 0 heterocycles. The third-order valence-corrected chi connectivity index (χ3v) is 19.5. The first-order valence-electron chi connectivity index (χ1n) is 38.5. The summed E-state index contributed by atoms with van der Waals surface area (Å²) in [7, 11) is -9.90. The predicted octanol–water partition coefficient (Wildman–Crippen LogP) is 21.6. The van der Waals surface area contributed by atoms with Crippen molar-refractivity contribution in [3.63, 3.8) is 0 Å². The van der Waals surface area contributed by atoms with E-state index < -0.39 is 97.5 Å². The van der Waals surface area contributed by atoms with E-state index in [9.17, 15) is 43.2 Å². The number of unbranched alkanes of at least 4 members (excludes halogenated alkanes) is 42. The van der Waals surface area contributed by atoms with Gasteiger partial charge in [0.05, 0.1) is 26.4 Å². The van der Waals surface area contributed by atoms with E-state index in [1.54, 1.807) is 0 Å². The van der Waals surface area contributed by atoms with Crippen molar-refractivity contribution >= 4 is 39.5 Å². The van der Waals surface area contributed by atoms with Gasteiger partial charge in [-0.2, -0.15) is 0 Å². The molecule has 0 rings (SSSR count). The molecule has 0 aliphatic rings. The molecule has 0 amide bonds. The number of aliphatic hydroxyl groups excluding tert-OH is 1. The molecule has 3 N–H and O–H groups in total. The maximum atomic E-state index is 13.1. The molecule has 6 atom stereocenters. The van der Waals surface area contributed by atoms with Gasteiger partial charge >= 0.3 is 39.5 Å². The van der Waals surface area contributed by atoms with Crippen LogP contribution in [0, 0.1) is 11.8 Å².